The Morgan fingerprint density at radius 2 is 2.00 bits per heavy atom. The highest BCUT2D eigenvalue weighted by atomic mass is 16.6. The van der Waals surface area contributed by atoms with Crippen LogP contribution < -0.4 is 15.6 Å². The molecule has 1 amide bonds. The number of nitrogens with zero attached hydrogens (tertiary/aromatic N) is 2. The Balaban J connectivity index is 1.47. The van der Waals surface area contributed by atoms with Gasteiger partial charge in [0, 0.05) is 16.5 Å². The molecule has 0 aliphatic carbocycles. The predicted molar refractivity (Wildman–Crippen MR) is 134 cm³/mol. The number of cyclic esters (lactones) is 1. The van der Waals surface area contributed by atoms with Crippen molar-refractivity contribution in [2.24, 2.45) is 5.92 Å². The number of hydrogen-bond acceptors (Lipinski definition) is 9. The molecule has 0 fully saturated rings. The van der Waals surface area contributed by atoms with Crippen LogP contribution in [0.4, 0.5) is 4.79 Å². The van der Waals surface area contributed by atoms with E-state index in [-0.39, 0.29) is 47.9 Å². The summed E-state index contributed by atoms with van der Waals surface area (Å²) >= 11 is 0. The van der Waals surface area contributed by atoms with Gasteiger partial charge in [0.25, 0.3) is 5.56 Å². The Morgan fingerprint density at radius 3 is 2.68 bits per heavy atom. The summed E-state index contributed by atoms with van der Waals surface area (Å²) in [7, 11) is 1.25. The van der Waals surface area contributed by atoms with Crippen LogP contribution in [0, 0.1) is 5.92 Å². The second-order valence-electron chi connectivity index (χ2n) is 9.73. The fourth-order valence-electron chi connectivity index (χ4n) is 4.92. The molecule has 0 saturated heterocycles. The monoisotopic (exact) mass is 521 g/mol. The van der Waals surface area contributed by atoms with Crippen molar-refractivity contribution in [1.29, 1.82) is 0 Å². The van der Waals surface area contributed by atoms with E-state index in [0.717, 1.165) is 5.56 Å². The van der Waals surface area contributed by atoms with Crippen molar-refractivity contribution in [2.75, 3.05) is 7.11 Å². The lowest BCUT2D eigenvalue weighted by atomic mass is 9.86. The van der Waals surface area contributed by atoms with Crippen LogP contribution >= 0.6 is 0 Å². The molecule has 4 heterocycles. The quantitative estimate of drug-likeness (QED) is 0.378. The second-order valence-corrected chi connectivity index (χ2v) is 9.73. The van der Waals surface area contributed by atoms with E-state index in [1.54, 1.807) is 49.6 Å². The van der Waals surface area contributed by atoms with Gasteiger partial charge in [-0.2, -0.15) is 0 Å². The van der Waals surface area contributed by atoms with E-state index in [1.807, 2.05) is 6.07 Å². The molecule has 0 saturated carbocycles. The lowest BCUT2D eigenvalue weighted by Crippen LogP contribution is -2.46. The minimum Gasteiger partial charge on any atom is -0.467 e. The summed E-state index contributed by atoms with van der Waals surface area (Å²) in [6.07, 6.45) is -0.736. The Morgan fingerprint density at radius 1 is 1.24 bits per heavy atom. The van der Waals surface area contributed by atoms with Gasteiger partial charge < -0.3 is 29.2 Å². The van der Waals surface area contributed by atoms with Crippen molar-refractivity contribution in [3.8, 4) is 17.1 Å². The lowest BCUT2D eigenvalue weighted by molar-refractivity contribution is -0.172. The number of esters is 2. The van der Waals surface area contributed by atoms with Crippen molar-refractivity contribution in [3.05, 3.63) is 57.4 Å². The molecule has 1 unspecified atom stereocenters. The van der Waals surface area contributed by atoms with Crippen LogP contribution in [0.3, 0.4) is 0 Å². The third-order valence-corrected chi connectivity index (χ3v) is 7.08. The maximum Gasteiger partial charge on any atom is 0.413 e. The average molecular weight is 522 g/mol. The Labute approximate surface area is 217 Å². The largest absolute Gasteiger partial charge is 0.467 e. The molecule has 1 aromatic carbocycles. The number of aromatic nitrogens is 2. The molecule has 2 atom stereocenters. The fraction of sp³-hybridized carbons (Fsp3) is 0.370. The molecule has 38 heavy (non-hydrogen) atoms. The number of aliphatic hydroxyl groups is 1. The molecule has 2 aliphatic rings. The number of ether oxygens (including phenoxy) is 3. The summed E-state index contributed by atoms with van der Waals surface area (Å²) in [4.78, 5) is 54.7. The highest BCUT2D eigenvalue weighted by Crippen LogP contribution is 2.38. The SMILES string of the molecule is CC[C@@]1(O)C(=O)OCc2c1cc1n(c2=O)Cc2cc3cc(OC(=O)NC(C(=O)OC)C(C)C)ccc3nc2-1. The van der Waals surface area contributed by atoms with Crippen LogP contribution in [0.25, 0.3) is 22.3 Å². The molecular formula is C27H27N3O8. The van der Waals surface area contributed by atoms with Crippen molar-refractivity contribution in [1.82, 2.24) is 14.9 Å². The number of hydrogen-bond donors (Lipinski definition) is 2. The number of amides is 1. The van der Waals surface area contributed by atoms with Gasteiger partial charge in [0.15, 0.2) is 5.60 Å². The van der Waals surface area contributed by atoms with E-state index in [2.05, 4.69) is 5.32 Å². The van der Waals surface area contributed by atoms with Gasteiger partial charge in [-0.1, -0.05) is 20.8 Å². The first-order valence-electron chi connectivity index (χ1n) is 12.2. The molecule has 11 nitrogen and oxygen atoms in total. The standard InChI is InChI=1S/C27H27N3O8/c1-5-27(35)18-10-20-22-15(11-30(20)23(31)17(18)12-37-25(27)33)8-14-9-16(6-7-19(14)28-22)38-26(34)29-21(13(2)3)24(32)36-4/h6-10,13,21,35H,5,11-12H2,1-4H3,(H,29,34)/t21?,27-/m0/s1. The molecule has 0 spiro atoms. The summed E-state index contributed by atoms with van der Waals surface area (Å²) in [6, 6.07) is 7.55. The van der Waals surface area contributed by atoms with Crippen LogP contribution in [0.2, 0.25) is 0 Å². The highest BCUT2D eigenvalue weighted by molar-refractivity contribution is 5.88. The van der Waals surface area contributed by atoms with Gasteiger partial charge in [0.05, 0.1) is 36.1 Å². The van der Waals surface area contributed by atoms with E-state index in [1.165, 1.54) is 7.11 Å². The van der Waals surface area contributed by atoms with Crippen LogP contribution in [-0.2, 0) is 37.8 Å². The van der Waals surface area contributed by atoms with Crippen LogP contribution in [0.15, 0.2) is 35.1 Å². The zero-order chi connectivity index (χ0) is 27.4. The summed E-state index contributed by atoms with van der Waals surface area (Å²) in [6.45, 7) is 5.26. The van der Waals surface area contributed by atoms with Gasteiger partial charge in [-0.05, 0) is 42.7 Å². The predicted octanol–water partition coefficient (Wildman–Crippen LogP) is 2.37. The summed E-state index contributed by atoms with van der Waals surface area (Å²) in [5.74, 6) is -1.30. The number of pyridine rings is 2. The summed E-state index contributed by atoms with van der Waals surface area (Å²) in [5, 5.41) is 14.2. The molecule has 2 aromatic heterocycles. The number of carbonyl (C=O) groups excluding carboxylic acids is 3. The zero-order valence-electron chi connectivity index (χ0n) is 21.4. The number of nitrogens with one attached hydrogen (secondary N) is 1. The maximum atomic E-state index is 13.3. The van der Waals surface area contributed by atoms with Gasteiger partial charge >= 0.3 is 18.0 Å². The van der Waals surface area contributed by atoms with Crippen molar-refractivity contribution in [3.63, 3.8) is 0 Å². The van der Waals surface area contributed by atoms with Crippen molar-refractivity contribution in [2.45, 2.75) is 52.0 Å². The molecule has 0 bridgehead atoms. The molecule has 0 radical (unpaired) electrons. The smallest absolute Gasteiger partial charge is 0.413 e. The van der Waals surface area contributed by atoms with Gasteiger partial charge in [0.2, 0.25) is 0 Å². The van der Waals surface area contributed by atoms with Crippen LogP contribution in [0.1, 0.15) is 43.9 Å². The topological polar surface area (TPSA) is 146 Å². The van der Waals surface area contributed by atoms with Gasteiger partial charge in [0.1, 0.15) is 18.4 Å². The molecule has 3 aromatic rings. The number of methoxy groups -OCH3 is 1. The fourth-order valence-corrected chi connectivity index (χ4v) is 4.92. The van der Waals surface area contributed by atoms with E-state index in [9.17, 15) is 24.3 Å². The summed E-state index contributed by atoms with van der Waals surface area (Å²) < 4.78 is 16.8. The normalized spacial score (nSPS) is 18.3. The van der Waals surface area contributed by atoms with Gasteiger partial charge in [-0.25, -0.2) is 19.4 Å². The van der Waals surface area contributed by atoms with Crippen molar-refractivity contribution >= 4 is 28.9 Å². The maximum absolute atomic E-state index is 13.3. The molecular weight excluding hydrogens is 494 g/mol. The Kier molecular flexibility index (Phi) is 6.18. The first kappa shape index (κ1) is 25.4. The lowest BCUT2D eigenvalue weighted by Gasteiger charge is -2.31. The van der Waals surface area contributed by atoms with E-state index >= 15 is 0 Å². The molecule has 11 heteroatoms. The highest BCUT2D eigenvalue weighted by Gasteiger charge is 2.45. The number of benzene rings is 1. The van der Waals surface area contributed by atoms with Crippen molar-refractivity contribution < 1.29 is 33.7 Å². The minimum absolute atomic E-state index is 0.0631. The third kappa shape index (κ3) is 3.99. The molecule has 2 aliphatic heterocycles. The Bertz CT molecular complexity index is 1560. The van der Waals surface area contributed by atoms with E-state index in [0.29, 0.717) is 22.3 Å². The number of rotatable bonds is 5. The first-order chi connectivity index (χ1) is 18.1. The van der Waals surface area contributed by atoms with Gasteiger partial charge in [-0.3, -0.25) is 4.79 Å². The molecule has 5 rings (SSSR count). The Hall–Kier alpha value is -4.25. The number of fused-ring (bicyclic) bond motifs is 5. The molecule has 198 valence electrons. The molecule has 2 N–H and O–H groups in total. The van der Waals surface area contributed by atoms with E-state index in [4.69, 9.17) is 19.2 Å². The van der Waals surface area contributed by atoms with Crippen LogP contribution in [-0.4, -0.2) is 45.8 Å². The van der Waals surface area contributed by atoms with Crippen LogP contribution in [0.5, 0.6) is 5.75 Å². The number of carbonyl (C=O) groups is 3. The van der Waals surface area contributed by atoms with Gasteiger partial charge in [-0.15, -0.1) is 0 Å². The van der Waals surface area contributed by atoms with E-state index < -0.39 is 29.7 Å². The third-order valence-electron chi connectivity index (χ3n) is 7.08. The first-order valence-corrected chi connectivity index (χ1v) is 12.2. The summed E-state index contributed by atoms with van der Waals surface area (Å²) in [5.41, 5.74) is 0.703. The minimum atomic E-state index is -1.89. The zero-order valence-corrected chi connectivity index (χ0v) is 21.4. The average Bonchev–Trinajstić information content (AvgIpc) is 3.25. The second kappa shape index (κ2) is 9.25.